The van der Waals surface area contributed by atoms with Crippen molar-refractivity contribution in [3.63, 3.8) is 0 Å². The van der Waals surface area contributed by atoms with Gasteiger partial charge in [-0.25, -0.2) is 0 Å². The summed E-state index contributed by atoms with van der Waals surface area (Å²) in [5, 5.41) is 9.19. The molecule has 2 aliphatic heterocycles. The van der Waals surface area contributed by atoms with Gasteiger partial charge >= 0.3 is 6.18 Å². The van der Waals surface area contributed by atoms with Crippen LogP contribution in [0.5, 0.6) is 0 Å². The first-order valence-electron chi connectivity index (χ1n) is 11.0. The average Bonchev–Trinajstić information content (AvgIpc) is 2.98. The molecule has 4 rings (SSSR count). The van der Waals surface area contributed by atoms with E-state index in [4.69, 9.17) is 0 Å². The van der Waals surface area contributed by atoms with Crippen molar-refractivity contribution in [2.45, 2.75) is 28.8 Å². The summed E-state index contributed by atoms with van der Waals surface area (Å²) in [6, 6.07) is 12.0. The van der Waals surface area contributed by atoms with Gasteiger partial charge < -0.3 is 44.6 Å². The van der Waals surface area contributed by atoms with Gasteiger partial charge in [-0.15, -0.1) is 0 Å². The Labute approximate surface area is 209 Å². The van der Waals surface area contributed by atoms with Gasteiger partial charge in [0.05, 0.1) is 43.2 Å². The van der Waals surface area contributed by atoms with E-state index in [1.165, 1.54) is 28.8 Å². The Kier molecular flexibility index (Phi) is 10.7. The third-order valence-corrected chi connectivity index (χ3v) is 7.35. The maximum atomic E-state index is 13.4. The van der Waals surface area contributed by atoms with E-state index in [0.29, 0.717) is 12.2 Å². The summed E-state index contributed by atoms with van der Waals surface area (Å²) in [6.07, 6.45) is -2.29. The molecule has 1 fully saturated rings. The van der Waals surface area contributed by atoms with Gasteiger partial charge in [0, 0.05) is 29.2 Å². The van der Waals surface area contributed by atoms with Crippen molar-refractivity contribution in [2.75, 3.05) is 57.3 Å². The van der Waals surface area contributed by atoms with Crippen LogP contribution < -0.4 is 39.5 Å². The lowest BCUT2D eigenvalue weighted by atomic mass is 10.1. The van der Waals surface area contributed by atoms with E-state index in [1.54, 1.807) is 11.0 Å². The van der Waals surface area contributed by atoms with Crippen molar-refractivity contribution in [1.82, 2.24) is 0 Å². The van der Waals surface area contributed by atoms with Crippen molar-refractivity contribution in [3.05, 3.63) is 48.0 Å². The first-order valence-corrected chi connectivity index (χ1v) is 11.8. The molecule has 184 valence electrons. The molecule has 2 aliphatic rings. The summed E-state index contributed by atoms with van der Waals surface area (Å²) in [7, 11) is 0. The third-order valence-electron chi connectivity index (χ3n) is 6.22. The van der Waals surface area contributed by atoms with Crippen molar-refractivity contribution in [3.8, 4) is 0 Å². The zero-order valence-corrected chi connectivity index (χ0v) is 20.6. The largest absolute Gasteiger partial charge is 1.00 e. The summed E-state index contributed by atoms with van der Waals surface area (Å²) in [5.74, 6) is 0. The number of hydrogen-bond donors (Lipinski definition) is 3. The maximum absolute atomic E-state index is 13.4. The van der Waals surface area contributed by atoms with Crippen molar-refractivity contribution in [1.29, 1.82) is 0 Å². The smallest absolute Gasteiger partial charge is 0.416 e. The third kappa shape index (κ3) is 6.93. The van der Waals surface area contributed by atoms with Crippen molar-refractivity contribution < 1.29 is 52.9 Å². The molecule has 0 saturated carbocycles. The lowest BCUT2D eigenvalue weighted by Gasteiger charge is -2.33. The lowest BCUT2D eigenvalue weighted by Crippen LogP contribution is -3.18. The highest BCUT2D eigenvalue weighted by molar-refractivity contribution is 7.99. The first-order chi connectivity index (χ1) is 15.0. The quantitative estimate of drug-likeness (QED) is 0.359. The second kappa shape index (κ2) is 12.5. The van der Waals surface area contributed by atoms with Gasteiger partial charge in [0.25, 0.3) is 0 Å². The predicted octanol–water partition coefficient (Wildman–Crippen LogP) is -4.13. The summed E-state index contributed by atoms with van der Waals surface area (Å²) in [5.41, 5.74) is 1.05. The molecule has 10 heteroatoms. The standard InChI is InChI=1S/C23H28F3N3OS.2ClH/c24-23(25,26)18-7-8-22-20(17-18)29(19-5-1-2-6-21(19)31-22)12-4-11-27-9-3-10-28(14-13-27)15-16-30;;/h1-2,5-8,17,30H,3-4,9-16H2;2*1H. The van der Waals surface area contributed by atoms with Crippen molar-refractivity contribution >= 4 is 23.1 Å². The number of fused-ring (bicyclic) bond motifs is 2. The second-order valence-electron chi connectivity index (χ2n) is 8.33. The Morgan fingerprint density at radius 1 is 0.879 bits per heavy atom. The Morgan fingerprint density at radius 3 is 2.24 bits per heavy atom. The molecule has 33 heavy (non-hydrogen) atoms. The minimum Gasteiger partial charge on any atom is -1.00 e. The zero-order chi connectivity index (χ0) is 21.8. The Morgan fingerprint density at radius 2 is 1.55 bits per heavy atom. The van der Waals surface area contributed by atoms with Crippen LogP contribution in [0.3, 0.4) is 0 Å². The first kappa shape index (κ1) is 28.1. The van der Waals surface area contributed by atoms with E-state index in [9.17, 15) is 18.3 Å². The van der Waals surface area contributed by atoms with E-state index < -0.39 is 11.7 Å². The van der Waals surface area contributed by atoms with Crippen LogP contribution in [0.2, 0.25) is 0 Å². The number of rotatable bonds is 6. The van der Waals surface area contributed by atoms with Gasteiger partial charge in [-0.2, -0.15) is 13.2 Å². The molecule has 0 spiro atoms. The number of nitrogens with one attached hydrogen (secondary N) is 2. The normalized spacial score (nSPS) is 20.1. The topological polar surface area (TPSA) is 32.4 Å². The van der Waals surface area contributed by atoms with E-state index in [2.05, 4.69) is 4.90 Å². The van der Waals surface area contributed by atoms with E-state index in [0.717, 1.165) is 67.6 Å². The summed E-state index contributed by atoms with van der Waals surface area (Å²) < 4.78 is 40.1. The van der Waals surface area contributed by atoms with Crippen LogP contribution in [-0.2, 0) is 6.18 Å². The molecule has 0 bridgehead atoms. The highest BCUT2D eigenvalue weighted by Crippen LogP contribution is 2.49. The molecule has 2 atom stereocenters. The van der Waals surface area contributed by atoms with Gasteiger partial charge in [-0.3, -0.25) is 0 Å². The molecular weight excluding hydrogens is 494 g/mol. The number of aliphatic hydroxyl groups is 1. The SMILES string of the molecule is OCC[NH+]1CCC[NH+](CCCN2c3ccccc3Sc3ccc(C(F)(F)F)cc32)CC1.[Cl-].[Cl-]. The van der Waals surface area contributed by atoms with Crippen LogP contribution in [0, 0.1) is 0 Å². The van der Waals surface area contributed by atoms with Gasteiger partial charge in [0.2, 0.25) is 0 Å². The Hall–Kier alpha value is -1.16. The fraction of sp³-hybridized carbons (Fsp3) is 0.478. The molecule has 1 saturated heterocycles. The van der Waals surface area contributed by atoms with Crippen LogP contribution in [0.4, 0.5) is 24.5 Å². The van der Waals surface area contributed by atoms with Gasteiger partial charge in [0.1, 0.15) is 19.6 Å². The summed E-state index contributed by atoms with van der Waals surface area (Å²) in [6.45, 7) is 7.12. The highest BCUT2D eigenvalue weighted by atomic mass is 35.5. The van der Waals surface area contributed by atoms with Crippen LogP contribution >= 0.6 is 11.8 Å². The van der Waals surface area contributed by atoms with Gasteiger partial charge in [-0.05, 0) is 30.3 Å². The van der Waals surface area contributed by atoms with E-state index >= 15 is 0 Å². The zero-order valence-electron chi connectivity index (χ0n) is 18.3. The fourth-order valence-electron chi connectivity index (χ4n) is 4.58. The van der Waals surface area contributed by atoms with Gasteiger partial charge in [-0.1, -0.05) is 23.9 Å². The molecule has 4 nitrogen and oxygen atoms in total. The summed E-state index contributed by atoms with van der Waals surface area (Å²) >= 11 is 1.54. The highest BCUT2D eigenvalue weighted by Gasteiger charge is 2.33. The van der Waals surface area contributed by atoms with Crippen molar-refractivity contribution in [2.24, 2.45) is 0 Å². The van der Waals surface area contributed by atoms with Crippen LogP contribution in [-0.4, -0.2) is 57.5 Å². The maximum Gasteiger partial charge on any atom is 0.416 e. The molecule has 2 aromatic rings. The minimum absolute atomic E-state index is 0. The molecular formula is C23H30Cl2F3N3OS. The van der Waals surface area contributed by atoms with Crippen LogP contribution in [0.25, 0.3) is 0 Å². The number of para-hydroxylation sites is 1. The van der Waals surface area contributed by atoms with Crippen LogP contribution in [0.15, 0.2) is 52.3 Å². The second-order valence-corrected chi connectivity index (χ2v) is 9.42. The number of benzene rings is 2. The number of hydrogen-bond acceptors (Lipinski definition) is 3. The molecule has 0 radical (unpaired) electrons. The Balaban J connectivity index is 0.00000193. The van der Waals surface area contributed by atoms with Gasteiger partial charge in [0.15, 0.2) is 0 Å². The number of quaternary nitrogens is 2. The average molecular weight is 524 g/mol. The monoisotopic (exact) mass is 523 g/mol. The minimum atomic E-state index is -4.35. The molecule has 2 unspecified atom stereocenters. The molecule has 0 aromatic heterocycles. The molecule has 0 aliphatic carbocycles. The number of anilines is 2. The molecule has 2 heterocycles. The van der Waals surface area contributed by atoms with E-state index in [-0.39, 0.29) is 31.4 Å². The Bertz CT molecular complexity index is 903. The fourth-order valence-corrected chi connectivity index (χ4v) is 5.66. The lowest BCUT2D eigenvalue weighted by molar-refractivity contribution is -0.938. The van der Waals surface area contributed by atoms with E-state index in [1.807, 2.05) is 24.3 Å². The predicted molar refractivity (Wildman–Crippen MR) is 116 cm³/mol. The van der Waals surface area contributed by atoms with Crippen LogP contribution in [0.1, 0.15) is 18.4 Å². The number of nitrogens with zero attached hydrogens (tertiary/aromatic N) is 1. The number of halogens is 5. The number of alkyl halides is 3. The molecule has 3 N–H and O–H groups in total. The number of aliphatic hydroxyl groups excluding tert-OH is 1. The molecule has 0 amide bonds. The summed E-state index contributed by atoms with van der Waals surface area (Å²) in [4.78, 5) is 7.04. The molecule has 2 aromatic carbocycles.